The van der Waals surface area contributed by atoms with E-state index in [0.717, 1.165) is 17.5 Å². The van der Waals surface area contributed by atoms with Crippen molar-refractivity contribution in [2.75, 3.05) is 33.9 Å². The molecule has 3 N–H and O–H groups in total. The maximum absolute atomic E-state index is 11.7. The van der Waals surface area contributed by atoms with E-state index in [4.69, 9.17) is 21.1 Å². The molecule has 8 heteroatoms. The average molecular weight is 417 g/mol. The molecule has 0 unspecified atom stereocenters. The molecule has 0 saturated carbocycles. The summed E-state index contributed by atoms with van der Waals surface area (Å²) in [6, 6.07) is 11.4. The highest BCUT2D eigenvalue weighted by atomic mass is 35.5. The zero-order valence-corrected chi connectivity index (χ0v) is 17.3. The summed E-state index contributed by atoms with van der Waals surface area (Å²) in [5, 5.41) is 9.72. The van der Waals surface area contributed by atoms with E-state index in [1.807, 2.05) is 30.3 Å². The number of carbonyl (C=O) groups excluding carboxylic acids is 1. The van der Waals surface area contributed by atoms with Crippen LogP contribution < -0.4 is 25.4 Å². The van der Waals surface area contributed by atoms with Gasteiger partial charge in [0, 0.05) is 32.7 Å². The van der Waals surface area contributed by atoms with Gasteiger partial charge in [-0.15, -0.1) is 0 Å². The van der Waals surface area contributed by atoms with E-state index < -0.39 is 0 Å². The maximum Gasteiger partial charge on any atom is 0.251 e. The Kier molecular flexibility index (Phi) is 7.19. The summed E-state index contributed by atoms with van der Waals surface area (Å²) in [6.07, 6.45) is 0.765. The van der Waals surface area contributed by atoms with Crippen molar-refractivity contribution in [1.29, 1.82) is 0 Å². The number of carbonyl (C=O) groups is 1. The third kappa shape index (κ3) is 5.54. The molecule has 154 valence electrons. The van der Waals surface area contributed by atoms with Crippen molar-refractivity contribution in [1.82, 2.24) is 16.0 Å². The Hall–Kier alpha value is -2.93. The minimum Gasteiger partial charge on any atom is -0.486 e. The Balaban J connectivity index is 1.51. The van der Waals surface area contributed by atoms with Crippen molar-refractivity contribution >= 4 is 23.5 Å². The van der Waals surface area contributed by atoms with Crippen LogP contribution in [0.2, 0.25) is 5.02 Å². The fraction of sp³-hybridized carbons (Fsp3) is 0.333. The number of benzene rings is 2. The highest BCUT2D eigenvalue weighted by Gasteiger charge is 2.16. The zero-order chi connectivity index (χ0) is 20.6. The number of ether oxygens (including phenoxy) is 2. The first kappa shape index (κ1) is 20.8. The lowest BCUT2D eigenvalue weighted by molar-refractivity contribution is 0.0963. The zero-order valence-electron chi connectivity index (χ0n) is 16.5. The van der Waals surface area contributed by atoms with Gasteiger partial charge < -0.3 is 25.4 Å². The van der Waals surface area contributed by atoms with Crippen LogP contribution in [-0.2, 0) is 13.0 Å². The number of amides is 1. The fourth-order valence-electron chi connectivity index (χ4n) is 3.01. The second-order valence-electron chi connectivity index (χ2n) is 6.48. The normalized spacial score (nSPS) is 13.0. The van der Waals surface area contributed by atoms with Gasteiger partial charge in [0.05, 0.1) is 5.02 Å². The average Bonchev–Trinajstić information content (AvgIpc) is 2.75. The van der Waals surface area contributed by atoms with Crippen molar-refractivity contribution in [2.45, 2.75) is 13.0 Å². The molecule has 1 heterocycles. The van der Waals surface area contributed by atoms with E-state index in [2.05, 4.69) is 20.9 Å². The summed E-state index contributed by atoms with van der Waals surface area (Å²) < 4.78 is 11.2. The van der Waals surface area contributed by atoms with E-state index in [-0.39, 0.29) is 5.91 Å². The van der Waals surface area contributed by atoms with Gasteiger partial charge in [-0.2, -0.15) is 0 Å². The monoisotopic (exact) mass is 416 g/mol. The molecule has 3 rings (SSSR count). The van der Waals surface area contributed by atoms with Crippen LogP contribution in [0.25, 0.3) is 0 Å². The van der Waals surface area contributed by atoms with Crippen molar-refractivity contribution in [3.8, 4) is 11.5 Å². The lowest BCUT2D eigenvalue weighted by Gasteiger charge is -2.20. The maximum atomic E-state index is 11.7. The molecule has 0 atom stereocenters. The molecule has 1 amide bonds. The summed E-state index contributed by atoms with van der Waals surface area (Å²) in [5.74, 6) is 1.86. The van der Waals surface area contributed by atoms with Crippen LogP contribution in [0, 0.1) is 0 Å². The first-order chi connectivity index (χ1) is 14.1. The van der Waals surface area contributed by atoms with Crippen LogP contribution in [-0.4, -0.2) is 45.7 Å². The number of rotatable bonds is 6. The standard InChI is InChI=1S/C21H25ClN4O3/c1-23-20(27)16-5-3-4-14(10-16)6-7-25-21(24-2)26-13-15-11-17(22)19-18(12-15)28-8-9-29-19/h3-5,10-12H,6-9,13H2,1-2H3,(H,23,27)(H2,24,25,26). The number of fused-ring (bicyclic) bond motifs is 1. The van der Waals surface area contributed by atoms with Crippen LogP contribution in [0.15, 0.2) is 41.4 Å². The van der Waals surface area contributed by atoms with Crippen LogP contribution >= 0.6 is 11.6 Å². The smallest absolute Gasteiger partial charge is 0.251 e. The molecule has 0 saturated heterocycles. The summed E-state index contributed by atoms with van der Waals surface area (Å²) in [4.78, 5) is 16.0. The molecule has 0 aliphatic carbocycles. The SMILES string of the molecule is CN=C(NCCc1cccc(C(=O)NC)c1)NCc1cc(Cl)c2c(c1)OCCO2. The Bertz CT molecular complexity index is 901. The molecule has 29 heavy (non-hydrogen) atoms. The second kappa shape index (κ2) is 10.0. The third-order valence-electron chi connectivity index (χ3n) is 4.46. The van der Waals surface area contributed by atoms with Crippen LogP contribution in [0.3, 0.4) is 0 Å². The summed E-state index contributed by atoms with van der Waals surface area (Å²) in [5.41, 5.74) is 2.70. The molecule has 0 spiro atoms. The Morgan fingerprint density at radius 2 is 1.97 bits per heavy atom. The van der Waals surface area contributed by atoms with Gasteiger partial charge in [-0.05, 0) is 41.8 Å². The minimum absolute atomic E-state index is 0.0876. The first-order valence-electron chi connectivity index (χ1n) is 9.44. The number of nitrogens with one attached hydrogen (secondary N) is 3. The summed E-state index contributed by atoms with van der Waals surface area (Å²) in [6.45, 7) is 2.25. The van der Waals surface area contributed by atoms with Gasteiger partial charge in [0.15, 0.2) is 17.5 Å². The van der Waals surface area contributed by atoms with Crippen LogP contribution in [0.1, 0.15) is 21.5 Å². The van der Waals surface area contributed by atoms with Gasteiger partial charge in [-0.1, -0.05) is 23.7 Å². The topological polar surface area (TPSA) is 84.0 Å². The van der Waals surface area contributed by atoms with Gasteiger partial charge >= 0.3 is 0 Å². The predicted octanol–water partition coefficient (Wildman–Crippen LogP) is 2.38. The number of aliphatic imine (C=N–C) groups is 1. The van der Waals surface area contributed by atoms with E-state index in [9.17, 15) is 4.79 Å². The highest BCUT2D eigenvalue weighted by molar-refractivity contribution is 6.32. The summed E-state index contributed by atoms with van der Waals surface area (Å²) in [7, 11) is 3.35. The predicted molar refractivity (Wildman–Crippen MR) is 114 cm³/mol. The van der Waals surface area contributed by atoms with Gasteiger partial charge in [0.1, 0.15) is 13.2 Å². The van der Waals surface area contributed by atoms with E-state index in [1.165, 1.54) is 0 Å². The van der Waals surface area contributed by atoms with Crippen LogP contribution in [0.5, 0.6) is 11.5 Å². The minimum atomic E-state index is -0.0876. The van der Waals surface area contributed by atoms with Gasteiger partial charge in [-0.25, -0.2) is 0 Å². The molecule has 7 nitrogen and oxygen atoms in total. The second-order valence-corrected chi connectivity index (χ2v) is 6.89. The van der Waals surface area contributed by atoms with Gasteiger partial charge in [0.25, 0.3) is 5.91 Å². The molecule has 1 aliphatic heterocycles. The Morgan fingerprint density at radius 3 is 2.76 bits per heavy atom. The van der Waals surface area contributed by atoms with Crippen molar-refractivity contribution in [3.05, 3.63) is 58.1 Å². The van der Waals surface area contributed by atoms with E-state index in [0.29, 0.717) is 54.3 Å². The highest BCUT2D eigenvalue weighted by Crippen LogP contribution is 2.38. The van der Waals surface area contributed by atoms with Crippen molar-refractivity contribution in [2.24, 2.45) is 4.99 Å². The fourth-order valence-corrected chi connectivity index (χ4v) is 3.30. The number of nitrogens with zero attached hydrogens (tertiary/aromatic N) is 1. The number of guanidine groups is 1. The molecule has 0 fully saturated rings. The van der Waals surface area contributed by atoms with Gasteiger partial charge in [0.2, 0.25) is 0 Å². The van der Waals surface area contributed by atoms with Crippen LogP contribution in [0.4, 0.5) is 0 Å². The quantitative estimate of drug-likeness (QED) is 0.497. The Labute approximate surface area is 175 Å². The number of hydrogen-bond donors (Lipinski definition) is 3. The number of hydrogen-bond acceptors (Lipinski definition) is 4. The van der Waals surface area contributed by atoms with Crippen molar-refractivity contribution < 1.29 is 14.3 Å². The molecule has 0 bridgehead atoms. The molecule has 1 aliphatic rings. The lowest BCUT2D eigenvalue weighted by atomic mass is 10.1. The van der Waals surface area contributed by atoms with Gasteiger partial charge in [-0.3, -0.25) is 9.79 Å². The molecular formula is C21H25ClN4O3. The molecule has 0 aromatic heterocycles. The van der Waals surface area contributed by atoms with E-state index >= 15 is 0 Å². The number of halogens is 1. The summed E-state index contributed by atoms with van der Waals surface area (Å²) >= 11 is 6.29. The molecule has 2 aromatic carbocycles. The molecular weight excluding hydrogens is 392 g/mol. The third-order valence-corrected chi connectivity index (χ3v) is 4.74. The molecule has 0 radical (unpaired) electrons. The van der Waals surface area contributed by atoms with E-state index in [1.54, 1.807) is 20.2 Å². The lowest BCUT2D eigenvalue weighted by Crippen LogP contribution is -2.37. The Morgan fingerprint density at radius 1 is 1.14 bits per heavy atom. The first-order valence-corrected chi connectivity index (χ1v) is 9.82. The van der Waals surface area contributed by atoms with Crippen molar-refractivity contribution in [3.63, 3.8) is 0 Å². The molecule has 2 aromatic rings. The largest absolute Gasteiger partial charge is 0.486 e.